The fourth-order valence-electron chi connectivity index (χ4n) is 5.62. The number of hydrogen-bond acceptors (Lipinski definition) is 3. The maximum absolute atomic E-state index is 13.1. The van der Waals surface area contributed by atoms with Gasteiger partial charge in [-0.2, -0.15) is 0 Å². The number of nitrogens with zero attached hydrogens (tertiary/aromatic N) is 2. The van der Waals surface area contributed by atoms with Gasteiger partial charge in [-0.1, -0.05) is 19.8 Å². The lowest BCUT2D eigenvalue weighted by molar-refractivity contribution is -0.912. The SMILES string of the molecule is CC1CCC2(CC1)NC(=O)N(C[NH+]1CCC(C(=O)N3CCCCCC3)CC1)C2=O. The van der Waals surface area contributed by atoms with Crippen molar-refractivity contribution in [3.05, 3.63) is 0 Å². The maximum Gasteiger partial charge on any atom is 0.329 e. The number of nitrogens with one attached hydrogen (secondary N) is 2. The van der Waals surface area contributed by atoms with Crippen LogP contribution in [0.1, 0.15) is 71.1 Å². The van der Waals surface area contributed by atoms with E-state index in [9.17, 15) is 14.4 Å². The standard InChI is InChI=1S/C22H36N4O3/c1-17-6-10-22(11-7-17)20(28)26(21(29)23-22)16-24-14-8-18(9-15-24)19(27)25-12-4-2-3-5-13-25/h17-18H,2-16H2,1H3,(H,23,29)/p+1. The number of amides is 4. The minimum Gasteiger partial charge on any atom is -0.342 e. The number of likely N-dealkylation sites (tertiary alicyclic amines) is 2. The summed E-state index contributed by atoms with van der Waals surface area (Å²) in [5, 5.41) is 3.02. The summed E-state index contributed by atoms with van der Waals surface area (Å²) < 4.78 is 0. The molecule has 4 aliphatic rings. The molecule has 162 valence electrons. The first kappa shape index (κ1) is 20.6. The van der Waals surface area contributed by atoms with Crippen LogP contribution in [0.4, 0.5) is 4.79 Å². The normalized spacial score (nSPS) is 36.2. The average molecular weight is 406 g/mol. The maximum atomic E-state index is 13.1. The lowest BCUT2D eigenvalue weighted by Crippen LogP contribution is -3.14. The van der Waals surface area contributed by atoms with Crippen molar-refractivity contribution >= 4 is 17.8 Å². The molecular weight excluding hydrogens is 368 g/mol. The summed E-state index contributed by atoms with van der Waals surface area (Å²) in [6.07, 6.45) is 9.96. The third-order valence-corrected chi connectivity index (χ3v) is 7.72. The second-order valence-electron chi connectivity index (χ2n) is 9.85. The summed E-state index contributed by atoms with van der Waals surface area (Å²) in [6, 6.07) is -0.222. The fraction of sp³-hybridized carbons (Fsp3) is 0.864. The molecule has 29 heavy (non-hydrogen) atoms. The van der Waals surface area contributed by atoms with Crippen LogP contribution in [0.3, 0.4) is 0 Å². The highest BCUT2D eigenvalue weighted by Crippen LogP contribution is 2.36. The molecule has 4 amide bonds. The molecule has 1 saturated carbocycles. The van der Waals surface area contributed by atoms with E-state index in [1.54, 1.807) is 0 Å². The summed E-state index contributed by atoms with van der Waals surface area (Å²) in [5.74, 6) is 1.05. The zero-order valence-electron chi connectivity index (χ0n) is 17.9. The van der Waals surface area contributed by atoms with Gasteiger partial charge in [0.2, 0.25) is 5.91 Å². The number of rotatable bonds is 3. The van der Waals surface area contributed by atoms with Crippen molar-refractivity contribution in [3.63, 3.8) is 0 Å². The van der Waals surface area contributed by atoms with E-state index >= 15 is 0 Å². The van der Waals surface area contributed by atoms with Crippen LogP contribution in [-0.4, -0.2) is 66.0 Å². The minimum atomic E-state index is -0.649. The van der Waals surface area contributed by atoms with E-state index in [1.165, 1.54) is 22.6 Å². The third kappa shape index (κ3) is 4.30. The number of urea groups is 1. The molecule has 4 fully saturated rings. The van der Waals surface area contributed by atoms with Gasteiger partial charge in [-0.3, -0.25) is 9.59 Å². The monoisotopic (exact) mass is 405 g/mol. The molecule has 0 aromatic carbocycles. The van der Waals surface area contributed by atoms with Gasteiger partial charge in [-0.15, -0.1) is 0 Å². The Bertz CT molecular complexity index is 628. The molecule has 0 aromatic heterocycles. The summed E-state index contributed by atoms with van der Waals surface area (Å²) >= 11 is 0. The van der Waals surface area contributed by atoms with Crippen LogP contribution < -0.4 is 10.2 Å². The highest BCUT2D eigenvalue weighted by molar-refractivity contribution is 6.06. The van der Waals surface area contributed by atoms with Crippen LogP contribution in [-0.2, 0) is 9.59 Å². The van der Waals surface area contributed by atoms with Crippen LogP contribution in [0.25, 0.3) is 0 Å². The van der Waals surface area contributed by atoms with Crippen molar-refractivity contribution < 1.29 is 19.3 Å². The Morgan fingerprint density at radius 1 is 1.03 bits per heavy atom. The van der Waals surface area contributed by atoms with E-state index in [2.05, 4.69) is 17.1 Å². The van der Waals surface area contributed by atoms with Gasteiger partial charge < -0.3 is 15.1 Å². The third-order valence-electron chi connectivity index (χ3n) is 7.72. The van der Waals surface area contributed by atoms with Gasteiger partial charge in [0, 0.05) is 31.8 Å². The first-order chi connectivity index (χ1) is 14.0. The molecule has 0 radical (unpaired) electrons. The van der Waals surface area contributed by atoms with Crippen LogP contribution in [0.2, 0.25) is 0 Å². The predicted octanol–water partition coefficient (Wildman–Crippen LogP) is 1.14. The van der Waals surface area contributed by atoms with Crippen molar-refractivity contribution in [2.45, 2.75) is 76.7 Å². The zero-order chi connectivity index (χ0) is 20.4. The van der Waals surface area contributed by atoms with Gasteiger partial charge in [-0.05, 0) is 44.4 Å². The highest BCUT2D eigenvalue weighted by atomic mass is 16.2. The Morgan fingerprint density at radius 2 is 1.66 bits per heavy atom. The summed E-state index contributed by atoms with van der Waals surface area (Å²) in [4.78, 5) is 43.2. The molecule has 3 aliphatic heterocycles. The molecule has 4 rings (SSSR count). The van der Waals surface area contributed by atoms with E-state index in [-0.39, 0.29) is 17.9 Å². The number of imide groups is 1. The van der Waals surface area contributed by atoms with Gasteiger partial charge in [-0.25, -0.2) is 9.69 Å². The fourth-order valence-corrected chi connectivity index (χ4v) is 5.62. The molecule has 3 heterocycles. The Morgan fingerprint density at radius 3 is 2.28 bits per heavy atom. The van der Waals surface area contributed by atoms with Gasteiger partial charge in [0.15, 0.2) is 6.67 Å². The molecule has 2 N–H and O–H groups in total. The van der Waals surface area contributed by atoms with Crippen LogP contribution >= 0.6 is 0 Å². The molecule has 1 aliphatic carbocycles. The molecule has 3 saturated heterocycles. The number of hydrogen-bond donors (Lipinski definition) is 2. The molecule has 0 aromatic rings. The second-order valence-corrected chi connectivity index (χ2v) is 9.85. The number of piperidine rings is 1. The van der Waals surface area contributed by atoms with Crippen molar-refractivity contribution in [2.24, 2.45) is 11.8 Å². The van der Waals surface area contributed by atoms with Gasteiger partial charge >= 0.3 is 6.03 Å². The van der Waals surface area contributed by atoms with Gasteiger partial charge in [0.05, 0.1) is 13.1 Å². The summed E-state index contributed by atoms with van der Waals surface area (Å²) in [5.41, 5.74) is -0.649. The highest BCUT2D eigenvalue weighted by Gasteiger charge is 2.53. The lowest BCUT2D eigenvalue weighted by Gasteiger charge is -2.34. The van der Waals surface area contributed by atoms with Crippen LogP contribution in [0.5, 0.6) is 0 Å². The Balaban J connectivity index is 1.29. The van der Waals surface area contributed by atoms with Crippen molar-refractivity contribution in [3.8, 4) is 0 Å². The van der Waals surface area contributed by atoms with E-state index in [1.807, 2.05) is 0 Å². The molecule has 7 heteroatoms. The topological polar surface area (TPSA) is 74.2 Å². The van der Waals surface area contributed by atoms with E-state index in [0.29, 0.717) is 18.5 Å². The Labute approximate surface area is 174 Å². The molecule has 0 unspecified atom stereocenters. The second kappa shape index (κ2) is 8.62. The van der Waals surface area contributed by atoms with E-state index in [0.717, 1.165) is 77.5 Å². The van der Waals surface area contributed by atoms with Crippen LogP contribution in [0, 0.1) is 11.8 Å². The quantitative estimate of drug-likeness (QED) is 0.692. The van der Waals surface area contributed by atoms with Gasteiger partial charge in [0.25, 0.3) is 5.91 Å². The molecule has 1 spiro atoms. The van der Waals surface area contributed by atoms with Gasteiger partial charge in [0.1, 0.15) is 5.54 Å². The summed E-state index contributed by atoms with van der Waals surface area (Å²) in [7, 11) is 0. The Kier molecular flexibility index (Phi) is 6.13. The summed E-state index contributed by atoms with van der Waals surface area (Å²) in [6.45, 7) is 6.18. The van der Waals surface area contributed by atoms with E-state index in [4.69, 9.17) is 0 Å². The first-order valence-electron chi connectivity index (χ1n) is 11.7. The largest absolute Gasteiger partial charge is 0.342 e. The van der Waals surface area contributed by atoms with Crippen LogP contribution in [0.15, 0.2) is 0 Å². The molecule has 0 bridgehead atoms. The Hall–Kier alpha value is -1.63. The predicted molar refractivity (Wildman–Crippen MR) is 109 cm³/mol. The van der Waals surface area contributed by atoms with Crippen molar-refractivity contribution in [1.82, 2.24) is 15.1 Å². The molecule has 7 nitrogen and oxygen atoms in total. The number of carbonyl (C=O) groups excluding carboxylic acids is 3. The molecular formula is C22H37N4O3+. The minimum absolute atomic E-state index is 0.0235. The average Bonchev–Trinajstić information content (AvgIpc) is 2.93. The molecule has 0 atom stereocenters. The van der Waals surface area contributed by atoms with Crippen molar-refractivity contribution in [1.29, 1.82) is 0 Å². The zero-order valence-corrected chi connectivity index (χ0v) is 17.9. The first-order valence-corrected chi connectivity index (χ1v) is 11.7. The number of quaternary nitrogens is 1. The van der Waals surface area contributed by atoms with E-state index < -0.39 is 5.54 Å². The number of carbonyl (C=O) groups is 3. The van der Waals surface area contributed by atoms with Crippen molar-refractivity contribution in [2.75, 3.05) is 32.8 Å². The smallest absolute Gasteiger partial charge is 0.329 e. The lowest BCUT2D eigenvalue weighted by atomic mass is 9.77.